The van der Waals surface area contributed by atoms with Gasteiger partial charge in [-0.2, -0.15) is 5.26 Å². The topological polar surface area (TPSA) is 44.0 Å². The lowest BCUT2D eigenvalue weighted by molar-refractivity contribution is 0.475. The first kappa shape index (κ1) is 11.2. The number of aromatic hydroxyl groups is 1. The zero-order chi connectivity index (χ0) is 12.3. The lowest BCUT2D eigenvalue weighted by Crippen LogP contribution is -1.97. The van der Waals surface area contributed by atoms with Gasteiger partial charge in [0, 0.05) is 0 Å². The zero-order valence-corrected chi connectivity index (χ0v) is 9.59. The maximum absolute atomic E-state index is 9.26. The van der Waals surface area contributed by atoms with E-state index >= 15 is 0 Å². The lowest BCUT2D eigenvalue weighted by Gasteiger charge is -2.10. The Kier molecular flexibility index (Phi) is 3.11. The van der Waals surface area contributed by atoms with E-state index in [0.29, 0.717) is 0 Å². The highest BCUT2D eigenvalue weighted by Gasteiger charge is 2.12. The normalized spacial score (nSPS) is 11.8. The van der Waals surface area contributed by atoms with Crippen LogP contribution < -0.4 is 0 Å². The predicted molar refractivity (Wildman–Crippen MR) is 66.7 cm³/mol. The molecule has 0 spiro atoms. The van der Waals surface area contributed by atoms with Crippen molar-refractivity contribution in [2.75, 3.05) is 0 Å². The summed E-state index contributed by atoms with van der Waals surface area (Å²) in [7, 11) is 0. The largest absolute Gasteiger partial charge is 0.508 e. The molecule has 1 atom stereocenters. The van der Waals surface area contributed by atoms with Crippen LogP contribution in [0.2, 0.25) is 0 Å². The quantitative estimate of drug-likeness (QED) is 0.848. The van der Waals surface area contributed by atoms with Crippen LogP contribution >= 0.6 is 0 Å². The molecule has 17 heavy (non-hydrogen) atoms. The van der Waals surface area contributed by atoms with Gasteiger partial charge in [-0.05, 0) is 30.2 Å². The second-order valence-electron chi connectivity index (χ2n) is 4.06. The van der Waals surface area contributed by atoms with Gasteiger partial charge in [0.2, 0.25) is 0 Å². The molecule has 1 N–H and O–H groups in total. The van der Waals surface area contributed by atoms with E-state index in [9.17, 15) is 10.4 Å². The predicted octanol–water partition coefficient (Wildman–Crippen LogP) is 3.36. The standard InChI is InChI=1S/C15H13NO/c1-11-2-4-12(5-3-11)15(10-16)13-6-8-14(17)9-7-13/h2-9,15,17H,1H3/t15-/m1/s1. The molecule has 0 aliphatic heterocycles. The summed E-state index contributed by atoms with van der Waals surface area (Å²) in [4.78, 5) is 0. The van der Waals surface area contributed by atoms with Crippen LogP contribution in [0.5, 0.6) is 5.75 Å². The third-order valence-corrected chi connectivity index (χ3v) is 2.77. The van der Waals surface area contributed by atoms with Gasteiger partial charge in [-0.1, -0.05) is 42.0 Å². The van der Waals surface area contributed by atoms with Crippen molar-refractivity contribution < 1.29 is 5.11 Å². The van der Waals surface area contributed by atoms with Crippen LogP contribution in [0.25, 0.3) is 0 Å². The van der Waals surface area contributed by atoms with Crippen molar-refractivity contribution in [2.24, 2.45) is 0 Å². The Labute approximate surface area is 101 Å². The Morgan fingerprint density at radius 2 is 1.41 bits per heavy atom. The first-order chi connectivity index (χ1) is 8.20. The minimum absolute atomic E-state index is 0.217. The van der Waals surface area contributed by atoms with Crippen LogP contribution in [0, 0.1) is 18.3 Å². The Morgan fingerprint density at radius 3 is 1.88 bits per heavy atom. The van der Waals surface area contributed by atoms with Crippen molar-refractivity contribution in [1.29, 1.82) is 5.26 Å². The SMILES string of the molecule is Cc1ccc([C@@H](C#N)c2ccc(O)cc2)cc1. The number of hydrogen-bond donors (Lipinski definition) is 1. The Bertz CT molecular complexity index is 489. The van der Waals surface area contributed by atoms with Gasteiger partial charge in [0.15, 0.2) is 0 Å². The average molecular weight is 223 g/mol. The fourth-order valence-electron chi connectivity index (χ4n) is 1.77. The third kappa shape index (κ3) is 2.46. The summed E-state index contributed by atoms with van der Waals surface area (Å²) in [6.07, 6.45) is 0. The molecule has 2 rings (SSSR count). The van der Waals surface area contributed by atoms with Crippen molar-refractivity contribution >= 4 is 0 Å². The lowest BCUT2D eigenvalue weighted by atomic mass is 9.92. The number of phenolic OH excluding ortho intramolecular Hbond substituents is 1. The van der Waals surface area contributed by atoms with Crippen LogP contribution in [0.1, 0.15) is 22.6 Å². The summed E-state index contributed by atoms with van der Waals surface area (Å²) in [5, 5.41) is 18.5. The number of nitrogens with zero attached hydrogens (tertiary/aromatic N) is 1. The van der Waals surface area contributed by atoms with Crippen molar-refractivity contribution in [3.63, 3.8) is 0 Å². The fraction of sp³-hybridized carbons (Fsp3) is 0.133. The molecule has 0 saturated heterocycles. The van der Waals surface area contributed by atoms with Gasteiger partial charge in [0.25, 0.3) is 0 Å². The highest BCUT2D eigenvalue weighted by atomic mass is 16.3. The highest BCUT2D eigenvalue weighted by Crippen LogP contribution is 2.25. The van der Waals surface area contributed by atoms with Crippen molar-refractivity contribution in [3.8, 4) is 11.8 Å². The zero-order valence-electron chi connectivity index (χ0n) is 9.59. The monoisotopic (exact) mass is 223 g/mol. The van der Waals surface area contributed by atoms with Crippen LogP contribution in [-0.2, 0) is 0 Å². The molecule has 0 saturated carbocycles. The number of benzene rings is 2. The average Bonchev–Trinajstić information content (AvgIpc) is 2.35. The second kappa shape index (κ2) is 4.71. The molecule has 2 aromatic carbocycles. The first-order valence-corrected chi connectivity index (χ1v) is 5.46. The summed E-state index contributed by atoms with van der Waals surface area (Å²) < 4.78 is 0. The van der Waals surface area contributed by atoms with E-state index in [-0.39, 0.29) is 11.7 Å². The van der Waals surface area contributed by atoms with E-state index in [4.69, 9.17) is 0 Å². The minimum Gasteiger partial charge on any atom is -0.508 e. The molecule has 0 aliphatic rings. The maximum atomic E-state index is 9.26. The first-order valence-electron chi connectivity index (χ1n) is 5.46. The number of phenols is 1. The van der Waals surface area contributed by atoms with Gasteiger partial charge in [-0.25, -0.2) is 0 Å². The van der Waals surface area contributed by atoms with Gasteiger partial charge < -0.3 is 5.11 Å². The van der Waals surface area contributed by atoms with E-state index in [1.54, 1.807) is 24.3 Å². The number of rotatable bonds is 2. The highest BCUT2D eigenvalue weighted by molar-refractivity contribution is 5.40. The van der Waals surface area contributed by atoms with Crippen molar-refractivity contribution in [1.82, 2.24) is 0 Å². The van der Waals surface area contributed by atoms with E-state index in [1.165, 1.54) is 5.56 Å². The maximum Gasteiger partial charge on any atom is 0.115 e. The number of hydrogen-bond acceptors (Lipinski definition) is 2. The Balaban J connectivity index is 2.37. The second-order valence-corrected chi connectivity index (χ2v) is 4.06. The molecule has 0 aromatic heterocycles. The van der Waals surface area contributed by atoms with Gasteiger partial charge >= 0.3 is 0 Å². The van der Waals surface area contributed by atoms with Gasteiger partial charge in [0.05, 0.1) is 12.0 Å². The molecule has 0 heterocycles. The molecule has 2 nitrogen and oxygen atoms in total. The molecule has 2 heteroatoms. The summed E-state index contributed by atoms with van der Waals surface area (Å²) >= 11 is 0. The third-order valence-electron chi connectivity index (χ3n) is 2.77. The Morgan fingerprint density at radius 1 is 0.941 bits per heavy atom. The summed E-state index contributed by atoms with van der Waals surface area (Å²) in [5.74, 6) is -0.0643. The van der Waals surface area contributed by atoms with E-state index < -0.39 is 0 Å². The molecular formula is C15H13NO. The van der Waals surface area contributed by atoms with Crippen LogP contribution in [0.15, 0.2) is 48.5 Å². The Hall–Kier alpha value is -2.27. The molecule has 0 amide bonds. The van der Waals surface area contributed by atoms with E-state index in [1.807, 2.05) is 31.2 Å². The fourth-order valence-corrected chi connectivity index (χ4v) is 1.77. The molecular weight excluding hydrogens is 210 g/mol. The summed E-state index contributed by atoms with van der Waals surface area (Å²) in [6, 6.07) is 17.0. The summed E-state index contributed by atoms with van der Waals surface area (Å²) in [5.41, 5.74) is 3.05. The molecule has 0 radical (unpaired) electrons. The molecule has 84 valence electrons. The van der Waals surface area contributed by atoms with E-state index in [0.717, 1.165) is 11.1 Å². The molecule has 0 bridgehead atoms. The van der Waals surface area contributed by atoms with Gasteiger partial charge in [-0.15, -0.1) is 0 Å². The smallest absolute Gasteiger partial charge is 0.115 e. The van der Waals surface area contributed by atoms with Crippen LogP contribution in [0.4, 0.5) is 0 Å². The number of aryl methyl sites for hydroxylation is 1. The van der Waals surface area contributed by atoms with Crippen molar-refractivity contribution in [2.45, 2.75) is 12.8 Å². The number of nitriles is 1. The minimum atomic E-state index is -0.281. The molecule has 0 fully saturated rings. The molecule has 0 unspecified atom stereocenters. The molecule has 0 aliphatic carbocycles. The van der Waals surface area contributed by atoms with Crippen LogP contribution in [0.3, 0.4) is 0 Å². The van der Waals surface area contributed by atoms with Gasteiger partial charge in [0.1, 0.15) is 5.75 Å². The van der Waals surface area contributed by atoms with Crippen molar-refractivity contribution in [3.05, 3.63) is 65.2 Å². The van der Waals surface area contributed by atoms with Crippen LogP contribution in [-0.4, -0.2) is 5.11 Å². The van der Waals surface area contributed by atoms with Gasteiger partial charge in [-0.3, -0.25) is 0 Å². The van der Waals surface area contributed by atoms with E-state index in [2.05, 4.69) is 6.07 Å². The molecule has 2 aromatic rings. The summed E-state index contributed by atoms with van der Waals surface area (Å²) in [6.45, 7) is 2.02.